The summed E-state index contributed by atoms with van der Waals surface area (Å²) in [5.74, 6) is 1.14. The number of rotatable bonds is 8. The number of alkyl halides is 3. The van der Waals surface area contributed by atoms with Crippen LogP contribution in [-0.4, -0.2) is 12.8 Å². The molecule has 0 aliphatic rings. The molecule has 0 aromatic heterocycles. The van der Waals surface area contributed by atoms with Gasteiger partial charge in [0.05, 0.1) is 24.1 Å². The van der Waals surface area contributed by atoms with Gasteiger partial charge in [-0.25, -0.2) is 0 Å². The van der Waals surface area contributed by atoms with Gasteiger partial charge in [0, 0.05) is 5.02 Å². The van der Waals surface area contributed by atoms with Crippen molar-refractivity contribution >= 4 is 23.5 Å². The molecule has 0 saturated heterocycles. The Labute approximate surface area is 183 Å². The van der Waals surface area contributed by atoms with Gasteiger partial charge in [0.1, 0.15) is 6.61 Å². The Morgan fingerprint density at radius 3 is 2.42 bits per heavy atom. The van der Waals surface area contributed by atoms with Gasteiger partial charge in [-0.05, 0) is 72.6 Å². The van der Waals surface area contributed by atoms with E-state index < -0.39 is 11.7 Å². The summed E-state index contributed by atoms with van der Waals surface area (Å²) in [6.07, 6.45) is -2.82. The highest BCUT2D eigenvalue weighted by Crippen LogP contribution is 2.30. The molecule has 0 heterocycles. The van der Waals surface area contributed by atoms with E-state index in [0.29, 0.717) is 35.4 Å². The van der Waals surface area contributed by atoms with E-state index in [0.717, 1.165) is 23.3 Å². The van der Waals surface area contributed by atoms with Crippen molar-refractivity contribution in [2.45, 2.75) is 19.7 Å². The molecule has 1 N–H and O–H groups in total. The van der Waals surface area contributed by atoms with Crippen molar-refractivity contribution in [3.05, 3.63) is 88.4 Å². The van der Waals surface area contributed by atoms with Crippen LogP contribution in [0.15, 0.2) is 71.8 Å². The molecule has 162 valence electrons. The van der Waals surface area contributed by atoms with Crippen molar-refractivity contribution in [2.75, 3.05) is 12.0 Å². The maximum Gasteiger partial charge on any atom is 0.416 e. The summed E-state index contributed by atoms with van der Waals surface area (Å²) >= 11 is 6.00. The Morgan fingerprint density at radius 1 is 0.968 bits per heavy atom. The molecule has 0 amide bonds. The molecule has 8 heteroatoms. The highest BCUT2D eigenvalue weighted by atomic mass is 35.5. The van der Waals surface area contributed by atoms with Crippen LogP contribution in [-0.2, 0) is 12.8 Å². The normalized spacial score (nSPS) is 11.5. The molecule has 0 spiro atoms. The van der Waals surface area contributed by atoms with Crippen LogP contribution < -0.4 is 14.9 Å². The minimum absolute atomic E-state index is 0.337. The second kappa shape index (κ2) is 10.2. The smallest absolute Gasteiger partial charge is 0.416 e. The molecule has 0 radical (unpaired) electrons. The van der Waals surface area contributed by atoms with Gasteiger partial charge >= 0.3 is 6.18 Å². The predicted molar refractivity (Wildman–Crippen MR) is 116 cm³/mol. The first-order valence-electron chi connectivity index (χ1n) is 9.45. The molecule has 0 fully saturated rings. The monoisotopic (exact) mass is 448 g/mol. The molecule has 0 unspecified atom stereocenters. The van der Waals surface area contributed by atoms with Crippen LogP contribution in [0, 0.1) is 0 Å². The highest BCUT2D eigenvalue weighted by molar-refractivity contribution is 6.30. The predicted octanol–water partition coefficient (Wildman–Crippen LogP) is 6.78. The molecule has 3 aromatic carbocycles. The summed E-state index contributed by atoms with van der Waals surface area (Å²) in [5, 5.41) is 4.71. The van der Waals surface area contributed by atoms with Gasteiger partial charge in [-0.1, -0.05) is 23.7 Å². The molecule has 3 rings (SSSR count). The minimum Gasteiger partial charge on any atom is -0.490 e. The van der Waals surface area contributed by atoms with E-state index in [2.05, 4.69) is 10.5 Å². The molecule has 4 nitrogen and oxygen atoms in total. The van der Waals surface area contributed by atoms with Gasteiger partial charge in [-0.2, -0.15) is 18.3 Å². The third-order valence-corrected chi connectivity index (χ3v) is 4.41. The minimum atomic E-state index is -4.37. The number of ether oxygens (including phenoxy) is 2. The summed E-state index contributed by atoms with van der Waals surface area (Å²) in [6, 6.07) is 17.4. The number of nitrogens with one attached hydrogen (secondary N) is 1. The van der Waals surface area contributed by atoms with Crippen molar-refractivity contribution in [3.63, 3.8) is 0 Å². The maximum atomic E-state index is 12.6. The van der Waals surface area contributed by atoms with Crippen molar-refractivity contribution in [1.29, 1.82) is 0 Å². The lowest BCUT2D eigenvalue weighted by Gasteiger charge is -2.13. The average Bonchev–Trinajstić information content (AvgIpc) is 2.73. The topological polar surface area (TPSA) is 42.8 Å². The molecular weight excluding hydrogens is 429 g/mol. The zero-order valence-corrected chi connectivity index (χ0v) is 17.4. The van der Waals surface area contributed by atoms with Crippen LogP contribution in [0.4, 0.5) is 18.9 Å². The maximum absolute atomic E-state index is 12.6. The third-order valence-electron chi connectivity index (χ3n) is 4.17. The fourth-order valence-electron chi connectivity index (χ4n) is 2.70. The van der Waals surface area contributed by atoms with E-state index in [1.54, 1.807) is 30.5 Å². The molecule has 0 aliphatic heterocycles. The number of nitrogens with zero attached hydrogens (tertiary/aromatic N) is 1. The average molecular weight is 449 g/mol. The van der Waals surface area contributed by atoms with Gasteiger partial charge in [-0.15, -0.1) is 0 Å². The number of hydrazone groups is 1. The van der Waals surface area contributed by atoms with Gasteiger partial charge in [0.15, 0.2) is 11.5 Å². The molecule has 0 saturated carbocycles. The van der Waals surface area contributed by atoms with E-state index in [9.17, 15) is 13.2 Å². The van der Waals surface area contributed by atoms with E-state index in [1.165, 1.54) is 12.1 Å². The molecule has 3 aromatic rings. The molecule has 0 bridgehead atoms. The Balaban J connectivity index is 1.65. The van der Waals surface area contributed by atoms with Crippen LogP contribution >= 0.6 is 11.6 Å². The van der Waals surface area contributed by atoms with E-state index >= 15 is 0 Å². The second-order valence-corrected chi connectivity index (χ2v) is 6.94. The first-order chi connectivity index (χ1) is 14.8. The van der Waals surface area contributed by atoms with Crippen LogP contribution in [0.3, 0.4) is 0 Å². The number of benzene rings is 3. The summed E-state index contributed by atoms with van der Waals surface area (Å²) in [6.45, 7) is 2.66. The number of halogens is 4. The summed E-state index contributed by atoms with van der Waals surface area (Å²) < 4.78 is 49.4. The van der Waals surface area contributed by atoms with Gasteiger partial charge in [0.25, 0.3) is 0 Å². The Kier molecular flexibility index (Phi) is 7.41. The Hall–Kier alpha value is -3.19. The fraction of sp³-hybridized carbons (Fsp3) is 0.174. The van der Waals surface area contributed by atoms with Crippen molar-refractivity contribution in [1.82, 2.24) is 0 Å². The van der Waals surface area contributed by atoms with E-state index in [1.807, 2.05) is 25.1 Å². The molecular formula is C23H20ClF3N2O2. The zero-order chi connectivity index (χ0) is 22.3. The first kappa shape index (κ1) is 22.5. The van der Waals surface area contributed by atoms with Crippen molar-refractivity contribution < 1.29 is 22.6 Å². The Morgan fingerprint density at radius 2 is 1.74 bits per heavy atom. The summed E-state index contributed by atoms with van der Waals surface area (Å²) in [5.41, 5.74) is 4.10. The zero-order valence-electron chi connectivity index (χ0n) is 16.6. The quantitative estimate of drug-likeness (QED) is 0.305. The summed E-state index contributed by atoms with van der Waals surface area (Å²) in [4.78, 5) is 0. The fourth-order valence-corrected chi connectivity index (χ4v) is 2.91. The number of anilines is 1. The van der Waals surface area contributed by atoms with E-state index in [-0.39, 0.29) is 0 Å². The lowest BCUT2D eigenvalue weighted by Crippen LogP contribution is -2.04. The van der Waals surface area contributed by atoms with E-state index in [4.69, 9.17) is 21.1 Å². The second-order valence-electron chi connectivity index (χ2n) is 6.50. The molecule has 31 heavy (non-hydrogen) atoms. The van der Waals surface area contributed by atoms with Crippen LogP contribution in [0.25, 0.3) is 0 Å². The highest BCUT2D eigenvalue weighted by Gasteiger charge is 2.29. The largest absolute Gasteiger partial charge is 0.490 e. The number of hydrogen-bond donors (Lipinski definition) is 1. The SMILES string of the molecule is CCOc1cc(C=NNc2ccc(C(F)(F)F)cc2)ccc1OCc1cccc(Cl)c1. The van der Waals surface area contributed by atoms with Crippen LogP contribution in [0.2, 0.25) is 5.02 Å². The van der Waals surface area contributed by atoms with Crippen molar-refractivity contribution in [3.8, 4) is 11.5 Å². The van der Waals surface area contributed by atoms with Gasteiger partial charge in [0.2, 0.25) is 0 Å². The number of hydrogen-bond acceptors (Lipinski definition) is 4. The molecule has 0 aliphatic carbocycles. The lowest BCUT2D eigenvalue weighted by atomic mass is 10.2. The van der Waals surface area contributed by atoms with Crippen LogP contribution in [0.5, 0.6) is 11.5 Å². The third kappa shape index (κ3) is 6.65. The van der Waals surface area contributed by atoms with Crippen LogP contribution in [0.1, 0.15) is 23.6 Å². The first-order valence-corrected chi connectivity index (χ1v) is 9.83. The summed E-state index contributed by atoms with van der Waals surface area (Å²) in [7, 11) is 0. The molecule has 0 atom stereocenters. The Bertz CT molecular complexity index is 1040. The standard InChI is InChI=1S/C23H20ClF3N2O2/c1-2-30-22-13-16(6-11-21(22)31-15-17-4-3-5-19(24)12-17)14-28-29-20-9-7-18(8-10-20)23(25,26)27/h3-14,29H,2,15H2,1H3. The van der Waals surface area contributed by atoms with Crippen molar-refractivity contribution in [2.24, 2.45) is 5.10 Å². The lowest BCUT2D eigenvalue weighted by molar-refractivity contribution is -0.137. The van der Waals surface area contributed by atoms with Gasteiger partial charge in [-0.3, -0.25) is 5.43 Å². The van der Waals surface area contributed by atoms with Gasteiger partial charge < -0.3 is 9.47 Å².